The Bertz CT molecular complexity index is 453. The van der Waals surface area contributed by atoms with Crippen LogP contribution in [0.5, 0.6) is 0 Å². The van der Waals surface area contributed by atoms with Gasteiger partial charge in [-0.1, -0.05) is 30.3 Å². The number of carbonyl (C=O) groups excluding carboxylic acids is 1. The molecule has 21 heavy (non-hydrogen) atoms. The smallest absolute Gasteiger partial charge is 0.408 e. The molecule has 1 N–H and O–H groups in total. The Morgan fingerprint density at radius 3 is 2.24 bits per heavy atom. The molecule has 1 unspecified atom stereocenters. The summed E-state index contributed by atoms with van der Waals surface area (Å²) in [6, 6.07) is 10.0. The second kappa shape index (κ2) is 6.94. The molecule has 0 saturated heterocycles. The Kier molecular flexibility index (Phi) is 5.78. The monoisotopic (exact) mass is 293 g/mol. The minimum atomic E-state index is -0.543. The van der Waals surface area contributed by atoms with Crippen LogP contribution in [-0.4, -0.2) is 30.4 Å². The van der Waals surface area contributed by atoms with Crippen LogP contribution in [0.3, 0.4) is 0 Å². The molecule has 1 rings (SSSR count). The van der Waals surface area contributed by atoms with Gasteiger partial charge in [-0.3, -0.25) is 0 Å². The molecule has 4 nitrogen and oxygen atoms in total. The zero-order chi connectivity index (χ0) is 16.1. The van der Waals surface area contributed by atoms with Crippen LogP contribution in [0.1, 0.15) is 40.2 Å². The van der Waals surface area contributed by atoms with Gasteiger partial charge in [-0.2, -0.15) is 0 Å². The number of hydrogen-bond donors (Lipinski definition) is 1. The molecule has 0 saturated carbocycles. The van der Waals surface area contributed by atoms with E-state index < -0.39 is 17.2 Å². The van der Waals surface area contributed by atoms with Crippen LogP contribution in [0.15, 0.2) is 30.3 Å². The first-order chi connectivity index (χ1) is 9.66. The minimum Gasteiger partial charge on any atom is -0.444 e. The van der Waals surface area contributed by atoms with Crippen LogP contribution in [-0.2, 0) is 15.9 Å². The van der Waals surface area contributed by atoms with Gasteiger partial charge in [0.2, 0.25) is 0 Å². The number of benzene rings is 1. The largest absolute Gasteiger partial charge is 0.444 e. The molecule has 0 bridgehead atoms. The molecule has 4 heteroatoms. The van der Waals surface area contributed by atoms with E-state index in [0.29, 0.717) is 6.42 Å². The quantitative estimate of drug-likeness (QED) is 0.903. The second-order valence-electron chi connectivity index (χ2n) is 6.58. The number of hydrogen-bond acceptors (Lipinski definition) is 3. The van der Waals surface area contributed by atoms with E-state index in [1.165, 1.54) is 0 Å². The number of alkyl carbamates (subject to hydrolysis) is 1. The van der Waals surface area contributed by atoms with Gasteiger partial charge in [0.25, 0.3) is 0 Å². The van der Waals surface area contributed by atoms with Crippen LogP contribution >= 0.6 is 0 Å². The first-order valence-corrected chi connectivity index (χ1v) is 7.24. The van der Waals surface area contributed by atoms with Crippen molar-refractivity contribution in [3.8, 4) is 0 Å². The van der Waals surface area contributed by atoms with Crippen molar-refractivity contribution in [2.45, 2.75) is 58.3 Å². The predicted octanol–water partition coefficient (Wildman–Crippen LogP) is 3.55. The van der Waals surface area contributed by atoms with Crippen LogP contribution in [0, 0.1) is 0 Å². The molecule has 0 spiro atoms. The summed E-state index contributed by atoms with van der Waals surface area (Å²) in [5, 5.41) is 2.96. The number of ether oxygens (including phenoxy) is 2. The number of carbonyl (C=O) groups is 1. The molecule has 0 aliphatic rings. The minimum absolute atomic E-state index is 0.148. The maximum absolute atomic E-state index is 12.1. The van der Waals surface area contributed by atoms with Gasteiger partial charge in [0, 0.05) is 7.11 Å². The lowest BCUT2D eigenvalue weighted by Gasteiger charge is -2.36. The fourth-order valence-corrected chi connectivity index (χ4v) is 2.11. The summed E-state index contributed by atoms with van der Waals surface area (Å²) >= 11 is 0. The van der Waals surface area contributed by atoms with E-state index in [0.717, 1.165) is 5.56 Å². The van der Waals surface area contributed by atoms with E-state index in [9.17, 15) is 4.79 Å². The van der Waals surface area contributed by atoms with Crippen LogP contribution in [0.4, 0.5) is 4.79 Å². The summed E-state index contributed by atoms with van der Waals surface area (Å²) in [4.78, 5) is 12.1. The van der Waals surface area contributed by atoms with Gasteiger partial charge in [-0.05, 0) is 46.6 Å². The fraction of sp³-hybridized carbons (Fsp3) is 0.588. The van der Waals surface area contributed by atoms with Crippen molar-refractivity contribution >= 4 is 6.09 Å². The molecule has 1 aromatic rings. The molecule has 0 fully saturated rings. The van der Waals surface area contributed by atoms with Crippen LogP contribution in [0.2, 0.25) is 0 Å². The highest BCUT2D eigenvalue weighted by molar-refractivity contribution is 5.69. The lowest BCUT2D eigenvalue weighted by molar-refractivity contribution is 0.0144. The number of nitrogens with one attached hydrogen (secondary N) is 1. The standard InChI is InChI=1S/C17H27NO3/c1-13(20-6)17(5,12-14-10-8-7-9-11-14)18-15(19)21-16(2,3)4/h7-11,13H,12H2,1-6H3,(H,18,19)/t13?,17-/m1/s1. The van der Waals surface area contributed by atoms with Crippen molar-refractivity contribution in [3.63, 3.8) is 0 Å². The molecular weight excluding hydrogens is 266 g/mol. The van der Waals surface area contributed by atoms with Gasteiger partial charge in [0.05, 0.1) is 11.6 Å². The summed E-state index contributed by atoms with van der Waals surface area (Å²) in [5.74, 6) is 0. The Balaban J connectivity index is 2.86. The van der Waals surface area contributed by atoms with Gasteiger partial charge in [0.1, 0.15) is 5.60 Å². The van der Waals surface area contributed by atoms with Crippen LogP contribution < -0.4 is 5.32 Å². The van der Waals surface area contributed by atoms with Gasteiger partial charge < -0.3 is 14.8 Å². The van der Waals surface area contributed by atoms with E-state index in [1.54, 1.807) is 7.11 Å². The molecule has 1 aromatic carbocycles. The lowest BCUT2D eigenvalue weighted by atomic mass is 9.88. The molecule has 2 atom stereocenters. The number of methoxy groups -OCH3 is 1. The Labute approximate surface area is 127 Å². The van der Waals surface area contributed by atoms with Gasteiger partial charge in [-0.25, -0.2) is 4.79 Å². The lowest BCUT2D eigenvalue weighted by Crippen LogP contribution is -2.56. The second-order valence-corrected chi connectivity index (χ2v) is 6.58. The zero-order valence-corrected chi connectivity index (χ0v) is 13.9. The fourth-order valence-electron chi connectivity index (χ4n) is 2.11. The van der Waals surface area contributed by atoms with Crippen molar-refractivity contribution in [3.05, 3.63) is 35.9 Å². The maximum atomic E-state index is 12.1. The molecule has 1 amide bonds. The molecule has 0 aliphatic carbocycles. The molecule has 0 heterocycles. The molecule has 118 valence electrons. The highest BCUT2D eigenvalue weighted by Gasteiger charge is 2.35. The van der Waals surface area contributed by atoms with Gasteiger partial charge in [0.15, 0.2) is 0 Å². The summed E-state index contributed by atoms with van der Waals surface area (Å²) in [6.07, 6.45) is 0.0947. The van der Waals surface area contributed by atoms with E-state index in [-0.39, 0.29) is 6.10 Å². The SMILES string of the molecule is COC(C)[C@@](C)(Cc1ccccc1)NC(=O)OC(C)(C)C. The molecule has 0 aliphatic heterocycles. The molecule has 0 aromatic heterocycles. The first kappa shape index (κ1) is 17.5. The zero-order valence-electron chi connectivity index (χ0n) is 13.9. The van der Waals surface area contributed by atoms with E-state index >= 15 is 0 Å². The third-order valence-corrected chi connectivity index (χ3v) is 3.45. The van der Waals surface area contributed by atoms with Crippen molar-refractivity contribution in [2.24, 2.45) is 0 Å². The van der Waals surface area contributed by atoms with E-state index in [4.69, 9.17) is 9.47 Å². The van der Waals surface area contributed by atoms with E-state index in [2.05, 4.69) is 5.32 Å². The van der Waals surface area contributed by atoms with Gasteiger partial charge >= 0.3 is 6.09 Å². The summed E-state index contributed by atoms with van der Waals surface area (Å²) in [7, 11) is 1.64. The van der Waals surface area contributed by atoms with E-state index in [1.807, 2.05) is 65.0 Å². The predicted molar refractivity (Wildman–Crippen MR) is 84.4 cm³/mol. The highest BCUT2D eigenvalue weighted by atomic mass is 16.6. The average molecular weight is 293 g/mol. The summed E-state index contributed by atoms with van der Waals surface area (Å²) in [6.45, 7) is 9.46. The third-order valence-electron chi connectivity index (χ3n) is 3.45. The third kappa shape index (κ3) is 5.76. The maximum Gasteiger partial charge on any atom is 0.408 e. The molecular formula is C17H27NO3. The van der Waals surface area contributed by atoms with Crippen molar-refractivity contribution in [1.29, 1.82) is 0 Å². The van der Waals surface area contributed by atoms with Crippen LogP contribution in [0.25, 0.3) is 0 Å². The first-order valence-electron chi connectivity index (χ1n) is 7.24. The average Bonchev–Trinajstić information content (AvgIpc) is 2.36. The normalized spacial score (nSPS) is 15.9. The van der Waals surface area contributed by atoms with Crippen molar-refractivity contribution in [2.75, 3.05) is 7.11 Å². The van der Waals surface area contributed by atoms with Gasteiger partial charge in [-0.15, -0.1) is 0 Å². The summed E-state index contributed by atoms with van der Waals surface area (Å²) < 4.78 is 10.8. The Morgan fingerprint density at radius 1 is 1.19 bits per heavy atom. The Morgan fingerprint density at radius 2 is 1.76 bits per heavy atom. The highest BCUT2D eigenvalue weighted by Crippen LogP contribution is 2.20. The Hall–Kier alpha value is -1.55. The molecule has 0 radical (unpaired) electrons. The number of rotatable bonds is 5. The van der Waals surface area contributed by atoms with Crippen molar-refractivity contribution in [1.82, 2.24) is 5.32 Å². The number of amides is 1. The van der Waals surface area contributed by atoms with Crippen molar-refractivity contribution < 1.29 is 14.3 Å². The topological polar surface area (TPSA) is 47.6 Å². The summed E-state index contributed by atoms with van der Waals surface area (Å²) in [5.41, 5.74) is 0.0758.